The second-order valence-electron chi connectivity index (χ2n) is 7.60. The normalized spacial score (nSPS) is 20.6. The zero-order valence-electron chi connectivity index (χ0n) is 15.9. The number of amides is 1. The highest BCUT2D eigenvalue weighted by molar-refractivity contribution is 5.79. The van der Waals surface area contributed by atoms with Crippen LogP contribution in [0.2, 0.25) is 0 Å². The number of piperidine rings is 1. The Labute approximate surface area is 160 Å². The SMILES string of the molecule is COc1ccccc1-c1nccnc1[C@@H]1CCCN(C(=O)C2CCCC2)C1. The molecule has 0 bridgehead atoms. The van der Waals surface area contributed by atoms with Crippen molar-refractivity contribution >= 4 is 5.91 Å². The van der Waals surface area contributed by atoms with Crippen LogP contribution in [0.25, 0.3) is 11.3 Å². The summed E-state index contributed by atoms with van der Waals surface area (Å²) in [6, 6.07) is 7.93. The molecule has 1 saturated heterocycles. The maximum atomic E-state index is 12.9. The summed E-state index contributed by atoms with van der Waals surface area (Å²) in [6.45, 7) is 1.62. The number of methoxy groups -OCH3 is 1. The Morgan fingerprint density at radius 1 is 1.07 bits per heavy atom. The van der Waals surface area contributed by atoms with Gasteiger partial charge in [0.25, 0.3) is 0 Å². The van der Waals surface area contributed by atoms with E-state index in [2.05, 4.69) is 14.9 Å². The number of nitrogens with zero attached hydrogens (tertiary/aromatic N) is 3. The Morgan fingerprint density at radius 3 is 2.67 bits per heavy atom. The van der Waals surface area contributed by atoms with Gasteiger partial charge in [0.15, 0.2) is 0 Å². The lowest BCUT2D eigenvalue weighted by atomic mass is 9.90. The monoisotopic (exact) mass is 365 g/mol. The molecule has 1 aromatic carbocycles. The molecule has 2 heterocycles. The number of likely N-dealkylation sites (tertiary alicyclic amines) is 1. The highest BCUT2D eigenvalue weighted by atomic mass is 16.5. The molecule has 1 atom stereocenters. The van der Waals surface area contributed by atoms with E-state index < -0.39 is 0 Å². The Kier molecular flexibility index (Phi) is 5.37. The number of hydrogen-bond donors (Lipinski definition) is 0. The maximum absolute atomic E-state index is 12.9. The molecule has 1 saturated carbocycles. The number of carbonyl (C=O) groups excluding carboxylic acids is 1. The number of benzene rings is 1. The van der Waals surface area contributed by atoms with Gasteiger partial charge in [-0.25, -0.2) is 0 Å². The number of hydrogen-bond acceptors (Lipinski definition) is 4. The zero-order valence-corrected chi connectivity index (χ0v) is 15.9. The first kappa shape index (κ1) is 18.0. The van der Waals surface area contributed by atoms with Crippen LogP contribution in [0.3, 0.4) is 0 Å². The highest BCUT2D eigenvalue weighted by Gasteiger charge is 2.32. The van der Waals surface area contributed by atoms with Crippen molar-refractivity contribution < 1.29 is 9.53 Å². The molecule has 5 nitrogen and oxygen atoms in total. The minimum atomic E-state index is 0.220. The summed E-state index contributed by atoms with van der Waals surface area (Å²) in [4.78, 5) is 24.3. The van der Waals surface area contributed by atoms with Gasteiger partial charge in [0, 0.05) is 42.9 Å². The van der Waals surface area contributed by atoms with Gasteiger partial charge in [0.1, 0.15) is 5.75 Å². The van der Waals surface area contributed by atoms with Crippen molar-refractivity contribution in [1.82, 2.24) is 14.9 Å². The third-order valence-corrected chi connectivity index (χ3v) is 5.91. The number of rotatable bonds is 4. The van der Waals surface area contributed by atoms with E-state index in [-0.39, 0.29) is 11.8 Å². The Hall–Kier alpha value is -2.43. The molecule has 27 heavy (non-hydrogen) atoms. The third-order valence-electron chi connectivity index (χ3n) is 5.91. The Balaban J connectivity index is 1.61. The molecule has 2 fully saturated rings. The van der Waals surface area contributed by atoms with Gasteiger partial charge >= 0.3 is 0 Å². The molecule has 0 radical (unpaired) electrons. The molecule has 4 rings (SSSR count). The second kappa shape index (κ2) is 8.07. The molecule has 2 aromatic rings. The van der Waals surface area contributed by atoms with Crippen LogP contribution < -0.4 is 4.74 Å². The van der Waals surface area contributed by atoms with Crippen LogP contribution in [0, 0.1) is 5.92 Å². The lowest BCUT2D eigenvalue weighted by Gasteiger charge is -2.34. The van der Waals surface area contributed by atoms with Crippen LogP contribution >= 0.6 is 0 Å². The standard InChI is InChI=1S/C22H27N3O2/c1-27-19-11-5-4-10-18(19)21-20(23-12-13-24-21)17-9-6-14-25(15-17)22(26)16-7-2-3-8-16/h4-5,10-13,16-17H,2-3,6-9,14-15H2,1H3/t17-/m1/s1. The molecule has 0 unspecified atom stereocenters. The van der Waals surface area contributed by atoms with E-state index >= 15 is 0 Å². The first-order chi connectivity index (χ1) is 13.3. The maximum Gasteiger partial charge on any atom is 0.225 e. The molecule has 2 aliphatic rings. The minimum absolute atomic E-state index is 0.220. The lowest BCUT2D eigenvalue weighted by Crippen LogP contribution is -2.42. The van der Waals surface area contributed by atoms with E-state index in [0.29, 0.717) is 5.91 Å². The smallest absolute Gasteiger partial charge is 0.225 e. The van der Waals surface area contributed by atoms with Crippen LogP contribution in [0.5, 0.6) is 5.75 Å². The van der Waals surface area contributed by atoms with E-state index in [1.165, 1.54) is 12.8 Å². The number of ether oxygens (including phenoxy) is 1. The van der Waals surface area contributed by atoms with Crippen molar-refractivity contribution in [2.45, 2.75) is 44.4 Å². The molecule has 0 spiro atoms. The van der Waals surface area contributed by atoms with Crippen molar-refractivity contribution in [3.8, 4) is 17.0 Å². The summed E-state index contributed by atoms with van der Waals surface area (Å²) >= 11 is 0. The van der Waals surface area contributed by atoms with Crippen molar-refractivity contribution in [2.24, 2.45) is 5.92 Å². The third kappa shape index (κ3) is 3.68. The van der Waals surface area contributed by atoms with E-state index in [4.69, 9.17) is 4.74 Å². The average molecular weight is 365 g/mol. The summed E-state index contributed by atoms with van der Waals surface area (Å²) in [7, 11) is 1.68. The quantitative estimate of drug-likeness (QED) is 0.820. The number of aromatic nitrogens is 2. The Morgan fingerprint density at radius 2 is 1.85 bits per heavy atom. The summed E-state index contributed by atoms with van der Waals surface area (Å²) in [5, 5.41) is 0. The molecule has 5 heteroatoms. The summed E-state index contributed by atoms with van der Waals surface area (Å²) < 4.78 is 5.54. The molecule has 142 valence electrons. The second-order valence-corrected chi connectivity index (χ2v) is 7.60. The molecule has 1 aromatic heterocycles. The summed E-state index contributed by atoms with van der Waals surface area (Å²) in [5.74, 6) is 1.60. The molecular formula is C22H27N3O2. The topological polar surface area (TPSA) is 55.3 Å². The van der Waals surface area contributed by atoms with E-state index in [1.54, 1.807) is 19.5 Å². The fourth-order valence-electron chi connectivity index (χ4n) is 4.53. The van der Waals surface area contributed by atoms with Gasteiger partial charge in [0.05, 0.1) is 18.5 Å². The highest BCUT2D eigenvalue weighted by Crippen LogP contribution is 2.36. The molecule has 1 aliphatic carbocycles. The van der Waals surface area contributed by atoms with Crippen LogP contribution in [0.4, 0.5) is 0 Å². The van der Waals surface area contributed by atoms with E-state index in [9.17, 15) is 4.79 Å². The number of para-hydroxylation sites is 1. The fraction of sp³-hybridized carbons (Fsp3) is 0.500. The van der Waals surface area contributed by atoms with Crippen molar-refractivity contribution in [3.63, 3.8) is 0 Å². The zero-order chi connectivity index (χ0) is 18.6. The number of carbonyl (C=O) groups is 1. The molecule has 1 aliphatic heterocycles. The van der Waals surface area contributed by atoms with Gasteiger partial charge in [-0.2, -0.15) is 0 Å². The molecule has 1 amide bonds. The van der Waals surface area contributed by atoms with E-state index in [1.807, 2.05) is 24.3 Å². The molecular weight excluding hydrogens is 338 g/mol. The largest absolute Gasteiger partial charge is 0.496 e. The summed E-state index contributed by atoms with van der Waals surface area (Å²) in [6.07, 6.45) is 10.0. The molecule has 0 N–H and O–H groups in total. The van der Waals surface area contributed by atoms with Gasteiger partial charge in [-0.15, -0.1) is 0 Å². The van der Waals surface area contributed by atoms with Crippen LogP contribution in [-0.2, 0) is 4.79 Å². The van der Waals surface area contributed by atoms with Gasteiger partial charge in [-0.05, 0) is 37.8 Å². The van der Waals surface area contributed by atoms with E-state index in [0.717, 1.165) is 61.5 Å². The van der Waals surface area contributed by atoms with Crippen molar-refractivity contribution in [3.05, 3.63) is 42.4 Å². The average Bonchev–Trinajstić information content (AvgIpc) is 3.28. The lowest BCUT2D eigenvalue weighted by molar-refractivity contribution is -0.136. The van der Waals surface area contributed by atoms with Crippen LogP contribution in [-0.4, -0.2) is 41.0 Å². The van der Waals surface area contributed by atoms with Gasteiger partial charge < -0.3 is 9.64 Å². The minimum Gasteiger partial charge on any atom is -0.496 e. The first-order valence-electron chi connectivity index (χ1n) is 10.0. The first-order valence-corrected chi connectivity index (χ1v) is 10.0. The van der Waals surface area contributed by atoms with Crippen molar-refractivity contribution in [1.29, 1.82) is 0 Å². The Bertz CT molecular complexity index is 802. The summed E-state index contributed by atoms with van der Waals surface area (Å²) in [5.41, 5.74) is 2.81. The van der Waals surface area contributed by atoms with Gasteiger partial charge in [0.2, 0.25) is 5.91 Å². The predicted octanol–water partition coefficient (Wildman–Crippen LogP) is 4.05. The van der Waals surface area contributed by atoms with Gasteiger partial charge in [-0.3, -0.25) is 14.8 Å². The van der Waals surface area contributed by atoms with Gasteiger partial charge in [-0.1, -0.05) is 25.0 Å². The van der Waals surface area contributed by atoms with Crippen molar-refractivity contribution in [2.75, 3.05) is 20.2 Å². The van der Waals surface area contributed by atoms with Crippen LogP contribution in [0.1, 0.15) is 50.1 Å². The van der Waals surface area contributed by atoms with Crippen LogP contribution in [0.15, 0.2) is 36.7 Å². The fourth-order valence-corrected chi connectivity index (χ4v) is 4.53. The predicted molar refractivity (Wildman–Crippen MR) is 105 cm³/mol.